The van der Waals surface area contributed by atoms with Crippen molar-refractivity contribution >= 4 is 11.6 Å². The number of nitrogens with one attached hydrogen (secondary N) is 1. The van der Waals surface area contributed by atoms with E-state index in [0.717, 1.165) is 13.0 Å². The summed E-state index contributed by atoms with van der Waals surface area (Å²) in [6.07, 6.45) is 2.54. The minimum Gasteiger partial charge on any atom is -0.467 e. The molecule has 2 aromatic rings. The second-order valence-electron chi connectivity index (χ2n) is 4.05. The Balaban J connectivity index is 2.37. The van der Waals surface area contributed by atoms with Crippen molar-refractivity contribution in [1.82, 2.24) is 5.32 Å². The van der Waals surface area contributed by atoms with Crippen LogP contribution in [0.15, 0.2) is 41.0 Å². The Bertz CT molecular complexity index is 499. The van der Waals surface area contributed by atoms with E-state index in [4.69, 9.17) is 16.0 Å². The molecule has 1 heterocycles. The number of hydrogen-bond donors (Lipinski definition) is 1. The van der Waals surface area contributed by atoms with Crippen molar-refractivity contribution in [2.24, 2.45) is 0 Å². The molecule has 1 unspecified atom stereocenters. The molecular weight excluding hydrogens is 253 g/mol. The lowest BCUT2D eigenvalue weighted by Gasteiger charge is -2.17. The zero-order valence-corrected chi connectivity index (χ0v) is 10.9. The molecule has 1 aromatic heterocycles. The van der Waals surface area contributed by atoms with Gasteiger partial charge in [-0.25, -0.2) is 4.39 Å². The number of benzene rings is 1. The van der Waals surface area contributed by atoms with Crippen molar-refractivity contribution in [2.75, 3.05) is 6.54 Å². The standard InChI is InChI=1S/C14H15ClFNO/c1-2-8-17-14(12-7-4-9-18-12)10-5-3-6-11(15)13(10)16/h3-7,9,14,17H,2,8H2,1H3. The fourth-order valence-electron chi connectivity index (χ4n) is 1.85. The highest BCUT2D eigenvalue weighted by atomic mass is 35.5. The highest BCUT2D eigenvalue weighted by Gasteiger charge is 2.20. The predicted octanol–water partition coefficient (Wildman–Crippen LogP) is 4.16. The van der Waals surface area contributed by atoms with Gasteiger partial charge in [0.25, 0.3) is 0 Å². The molecule has 1 aromatic carbocycles. The van der Waals surface area contributed by atoms with E-state index >= 15 is 0 Å². The van der Waals surface area contributed by atoms with E-state index in [0.29, 0.717) is 11.3 Å². The smallest absolute Gasteiger partial charge is 0.147 e. The van der Waals surface area contributed by atoms with E-state index in [1.165, 1.54) is 0 Å². The molecule has 2 rings (SSSR count). The number of furan rings is 1. The maximum atomic E-state index is 14.1. The molecular formula is C14H15ClFNO. The van der Waals surface area contributed by atoms with E-state index in [1.54, 1.807) is 30.5 Å². The topological polar surface area (TPSA) is 25.2 Å². The van der Waals surface area contributed by atoms with Gasteiger partial charge in [-0.2, -0.15) is 0 Å². The third kappa shape index (κ3) is 2.74. The number of halogens is 2. The molecule has 1 N–H and O–H groups in total. The molecule has 0 aliphatic heterocycles. The Morgan fingerprint density at radius 2 is 2.17 bits per heavy atom. The molecule has 0 radical (unpaired) electrons. The Kier molecular flexibility index (Phi) is 4.39. The van der Waals surface area contributed by atoms with Gasteiger partial charge >= 0.3 is 0 Å². The molecule has 0 spiro atoms. The molecule has 0 aliphatic carbocycles. The van der Waals surface area contributed by atoms with Crippen molar-refractivity contribution in [1.29, 1.82) is 0 Å². The third-order valence-electron chi connectivity index (χ3n) is 2.72. The number of hydrogen-bond acceptors (Lipinski definition) is 2. The van der Waals surface area contributed by atoms with Crippen LogP contribution < -0.4 is 5.32 Å². The first kappa shape index (κ1) is 13.1. The Morgan fingerprint density at radius 1 is 1.33 bits per heavy atom. The van der Waals surface area contributed by atoms with Crippen LogP contribution in [0.3, 0.4) is 0 Å². The summed E-state index contributed by atoms with van der Waals surface area (Å²) in [6, 6.07) is 8.31. The van der Waals surface area contributed by atoms with Crippen molar-refractivity contribution in [2.45, 2.75) is 19.4 Å². The second kappa shape index (κ2) is 6.03. The lowest BCUT2D eigenvalue weighted by molar-refractivity contribution is 0.436. The summed E-state index contributed by atoms with van der Waals surface area (Å²) >= 11 is 5.82. The summed E-state index contributed by atoms with van der Waals surface area (Å²) in [4.78, 5) is 0. The molecule has 0 bridgehead atoms. The lowest BCUT2D eigenvalue weighted by Crippen LogP contribution is -2.23. The van der Waals surface area contributed by atoms with Crippen LogP contribution in [0.25, 0.3) is 0 Å². The van der Waals surface area contributed by atoms with Crippen LogP contribution >= 0.6 is 11.6 Å². The van der Waals surface area contributed by atoms with Crippen molar-refractivity contribution in [3.05, 3.63) is 58.8 Å². The van der Waals surface area contributed by atoms with Gasteiger partial charge in [-0.1, -0.05) is 30.7 Å². The van der Waals surface area contributed by atoms with Crippen LogP contribution in [0.5, 0.6) is 0 Å². The highest BCUT2D eigenvalue weighted by molar-refractivity contribution is 6.30. The molecule has 1 atom stereocenters. The molecule has 2 nitrogen and oxygen atoms in total. The molecule has 0 fully saturated rings. The van der Waals surface area contributed by atoms with E-state index in [9.17, 15) is 4.39 Å². The van der Waals surface area contributed by atoms with Gasteiger partial charge < -0.3 is 9.73 Å². The maximum Gasteiger partial charge on any atom is 0.147 e. The zero-order valence-electron chi connectivity index (χ0n) is 10.1. The largest absolute Gasteiger partial charge is 0.467 e. The summed E-state index contributed by atoms with van der Waals surface area (Å²) in [5, 5.41) is 3.39. The molecule has 0 saturated heterocycles. The van der Waals surface area contributed by atoms with Gasteiger partial charge in [-0.3, -0.25) is 0 Å². The monoisotopic (exact) mass is 267 g/mol. The predicted molar refractivity (Wildman–Crippen MR) is 70.3 cm³/mol. The molecule has 4 heteroatoms. The minimum absolute atomic E-state index is 0.127. The van der Waals surface area contributed by atoms with Gasteiger partial charge in [0, 0.05) is 5.56 Å². The number of rotatable bonds is 5. The second-order valence-corrected chi connectivity index (χ2v) is 4.45. The summed E-state index contributed by atoms with van der Waals surface area (Å²) in [6.45, 7) is 2.83. The van der Waals surface area contributed by atoms with Crippen molar-refractivity contribution < 1.29 is 8.81 Å². The Labute approximate surface area is 111 Å². The fraction of sp³-hybridized carbons (Fsp3) is 0.286. The van der Waals surface area contributed by atoms with Crippen LogP contribution in [0.2, 0.25) is 5.02 Å². The van der Waals surface area contributed by atoms with Crippen LogP contribution in [-0.4, -0.2) is 6.54 Å². The van der Waals surface area contributed by atoms with E-state index in [1.807, 2.05) is 6.07 Å². The first-order valence-corrected chi connectivity index (χ1v) is 6.32. The molecule has 0 aliphatic rings. The quantitative estimate of drug-likeness (QED) is 0.880. The maximum absolute atomic E-state index is 14.1. The van der Waals surface area contributed by atoms with Gasteiger partial charge in [0.2, 0.25) is 0 Å². The normalized spacial score (nSPS) is 12.6. The van der Waals surface area contributed by atoms with Crippen LogP contribution in [0, 0.1) is 5.82 Å². The van der Waals surface area contributed by atoms with Crippen molar-refractivity contribution in [3.8, 4) is 0 Å². The summed E-state index contributed by atoms with van der Waals surface area (Å²) in [5.41, 5.74) is 0.505. The highest BCUT2D eigenvalue weighted by Crippen LogP contribution is 2.28. The van der Waals surface area contributed by atoms with E-state index in [2.05, 4.69) is 12.2 Å². The minimum atomic E-state index is -0.399. The van der Waals surface area contributed by atoms with Crippen LogP contribution in [0.1, 0.15) is 30.7 Å². The van der Waals surface area contributed by atoms with Gasteiger partial charge in [0.05, 0.1) is 17.3 Å². The molecule has 18 heavy (non-hydrogen) atoms. The Hall–Kier alpha value is -1.32. The molecule has 96 valence electrons. The lowest BCUT2D eigenvalue weighted by atomic mass is 10.0. The third-order valence-corrected chi connectivity index (χ3v) is 3.01. The average molecular weight is 268 g/mol. The average Bonchev–Trinajstić information content (AvgIpc) is 2.88. The summed E-state index contributed by atoms with van der Waals surface area (Å²) < 4.78 is 19.4. The van der Waals surface area contributed by atoms with Gasteiger partial charge in [-0.05, 0) is 31.2 Å². The zero-order chi connectivity index (χ0) is 13.0. The summed E-state index contributed by atoms with van der Waals surface area (Å²) in [5.74, 6) is 0.286. The van der Waals surface area contributed by atoms with Crippen LogP contribution in [0.4, 0.5) is 4.39 Å². The molecule has 0 saturated carbocycles. The van der Waals surface area contributed by atoms with E-state index in [-0.39, 0.29) is 11.1 Å². The first-order valence-electron chi connectivity index (χ1n) is 5.94. The van der Waals surface area contributed by atoms with Gasteiger partial charge in [-0.15, -0.1) is 0 Å². The van der Waals surface area contributed by atoms with E-state index < -0.39 is 5.82 Å². The van der Waals surface area contributed by atoms with Crippen LogP contribution in [-0.2, 0) is 0 Å². The van der Waals surface area contributed by atoms with Crippen molar-refractivity contribution in [3.63, 3.8) is 0 Å². The van der Waals surface area contributed by atoms with Gasteiger partial charge in [0.1, 0.15) is 11.6 Å². The Morgan fingerprint density at radius 3 is 2.83 bits per heavy atom. The summed E-state index contributed by atoms with van der Waals surface area (Å²) in [7, 11) is 0. The fourth-order valence-corrected chi connectivity index (χ4v) is 2.03. The molecule has 0 amide bonds. The SMILES string of the molecule is CCCNC(c1ccco1)c1cccc(Cl)c1F. The van der Waals surface area contributed by atoms with Gasteiger partial charge in [0.15, 0.2) is 0 Å². The first-order chi connectivity index (χ1) is 8.74.